The fraction of sp³-hybridized carbons (Fsp3) is 0.273. The molecule has 1 aliphatic heterocycles. The first-order valence-corrected chi connectivity index (χ1v) is 9.75. The number of amides is 1. The minimum absolute atomic E-state index is 0.0374. The lowest BCUT2D eigenvalue weighted by atomic mass is 10.1. The van der Waals surface area contributed by atoms with E-state index in [9.17, 15) is 19.2 Å². The van der Waals surface area contributed by atoms with Crippen molar-refractivity contribution < 1.29 is 28.3 Å². The summed E-state index contributed by atoms with van der Waals surface area (Å²) < 4.78 is 16.5. The molecule has 0 saturated carbocycles. The van der Waals surface area contributed by atoms with Crippen LogP contribution in [-0.4, -0.2) is 42.5 Å². The topological polar surface area (TPSA) is 108 Å². The first-order chi connectivity index (χ1) is 14.9. The molecule has 4 rings (SSSR count). The van der Waals surface area contributed by atoms with Gasteiger partial charge in [-0.15, -0.1) is 0 Å². The lowest BCUT2D eigenvalue weighted by Crippen LogP contribution is -2.39. The van der Waals surface area contributed by atoms with Crippen molar-refractivity contribution >= 4 is 34.4 Å². The van der Waals surface area contributed by atoms with Crippen LogP contribution in [0.5, 0.6) is 5.75 Å². The lowest BCUT2D eigenvalue weighted by Gasteiger charge is -2.29. The number of hydrogen-bond acceptors (Lipinski definition) is 7. The predicted molar refractivity (Wildman–Crippen MR) is 111 cm³/mol. The summed E-state index contributed by atoms with van der Waals surface area (Å²) in [5.41, 5.74) is 1.67. The molecule has 1 aromatic heterocycles. The van der Waals surface area contributed by atoms with E-state index in [0.717, 1.165) is 6.42 Å². The van der Waals surface area contributed by atoms with E-state index in [2.05, 4.69) is 4.74 Å². The number of rotatable bonds is 6. The molecule has 9 heteroatoms. The van der Waals surface area contributed by atoms with Crippen LogP contribution in [0.15, 0.2) is 45.6 Å². The number of hydrogen-bond donors (Lipinski definition) is 0. The Labute approximate surface area is 176 Å². The molecular weight excluding hydrogens is 404 g/mol. The van der Waals surface area contributed by atoms with Crippen LogP contribution in [0.1, 0.15) is 34.1 Å². The highest BCUT2D eigenvalue weighted by atomic mass is 16.5. The van der Waals surface area contributed by atoms with Crippen molar-refractivity contribution in [3.05, 3.63) is 58.1 Å². The second kappa shape index (κ2) is 8.10. The highest BCUT2D eigenvalue weighted by Gasteiger charge is 2.26. The molecule has 0 saturated heterocycles. The van der Waals surface area contributed by atoms with E-state index in [1.807, 2.05) is 6.92 Å². The van der Waals surface area contributed by atoms with Crippen LogP contribution in [0, 0.1) is 0 Å². The van der Waals surface area contributed by atoms with Gasteiger partial charge in [0, 0.05) is 12.1 Å². The van der Waals surface area contributed by atoms with Gasteiger partial charge in [-0.3, -0.25) is 14.2 Å². The Kier molecular flexibility index (Phi) is 5.33. The number of Topliss-reactive ketones (excluding diaryl/α,β-unsaturated/α-hetero) is 1. The molecule has 0 radical (unpaired) electrons. The van der Waals surface area contributed by atoms with Gasteiger partial charge in [0.25, 0.3) is 5.91 Å². The molecular formula is C22H20N2O7. The van der Waals surface area contributed by atoms with E-state index in [1.54, 1.807) is 23.1 Å². The summed E-state index contributed by atoms with van der Waals surface area (Å²) in [6, 6.07) is 9.28. The predicted octanol–water partition coefficient (Wildman–Crippen LogP) is 2.40. The minimum atomic E-state index is -0.713. The first-order valence-electron chi connectivity index (χ1n) is 9.75. The van der Waals surface area contributed by atoms with Crippen molar-refractivity contribution in [2.45, 2.75) is 19.9 Å². The summed E-state index contributed by atoms with van der Waals surface area (Å²) in [7, 11) is 1.26. The second-order valence-electron chi connectivity index (χ2n) is 7.07. The molecule has 0 N–H and O–H groups in total. The Hall–Kier alpha value is -3.88. The molecule has 2 heterocycles. The molecule has 0 spiro atoms. The molecule has 1 amide bonds. The average Bonchev–Trinajstić information content (AvgIpc) is 3.09. The third-order valence-electron chi connectivity index (χ3n) is 5.06. The summed E-state index contributed by atoms with van der Waals surface area (Å²) in [6.07, 6.45) is 0.757. The van der Waals surface area contributed by atoms with Crippen LogP contribution in [0.2, 0.25) is 0 Å². The molecule has 0 atom stereocenters. The van der Waals surface area contributed by atoms with Crippen molar-refractivity contribution in [3.63, 3.8) is 0 Å². The molecule has 0 bridgehead atoms. The number of oxazole rings is 1. The molecule has 9 nitrogen and oxygen atoms in total. The van der Waals surface area contributed by atoms with Gasteiger partial charge in [0.05, 0.1) is 30.4 Å². The van der Waals surface area contributed by atoms with Crippen LogP contribution in [0.25, 0.3) is 11.1 Å². The lowest BCUT2D eigenvalue weighted by molar-refractivity contribution is -0.121. The summed E-state index contributed by atoms with van der Waals surface area (Å²) >= 11 is 0. The molecule has 0 aliphatic carbocycles. The van der Waals surface area contributed by atoms with Crippen molar-refractivity contribution in [1.29, 1.82) is 0 Å². The molecule has 0 fully saturated rings. The number of fused-ring (bicyclic) bond motifs is 2. The Bertz CT molecular complexity index is 1250. The Balaban J connectivity index is 1.65. The second-order valence-corrected chi connectivity index (χ2v) is 7.07. The van der Waals surface area contributed by atoms with Crippen LogP contribution in [-0.2, 0) is 16.1 Å². The number of methoxy groups -OCH3 is 1. The van der Waals surface area contributed by atoms with Crippen molar-refractivity contribution in [3.8, 4) is 5.75 Å². The van der Waals surface area contributed by atoms with E-state index in [1.165, 1.54) is 29.9 Å². The van der Waals surface area contributed by atoms with E-state index in [-0.39, 0.29) is 36.0 Å². The highest BCUT2D eigenvalue weighted by Crippen LogP contribution is 2.33. The summed E-state index contributed by atoms with van der Waals surface area (Å²) in [4.78, 5) is 50.7. The van der Waals surface area contributed by atoms with Gasteiger partial charge in [0.15, 0.2) is 18.0 Å². The van der Waals surface area contributed by atoms with E-state index in [0.29, 0.717) is 29.1 Å². The number of esters is 1. The summed E-state index contributed by atoms with van der Waals surface area (Å²) in [6.45, 7) is 2.18. The van der Waals surface area contributed by atoms with Crippen molar-refractivity contribution in [2.75, 3.05) is 25.2 Å². The maximum Gasteiger partial charge on any atom is 0.420 e. The van der Waals surface area contributed by atoms with Gasteiger partial charge in [-0.2, -0.15) is 0 Å². The number of nitrogens with zero attached hydrogens (tertiary/aromatic N) is 2. The number of anilines is 1. The number of benzene rings is 2. The van der Waals surface area contributed by atoms with Crippen LogP contribution >= 0.6 is 0 Å². The summed E-state index contributed by atoms with van der Waals surface area (Å²) in [5.74, 6) is -1.24. The molecule has 1 aliphatic rings. The van der Waals surface area contributed by atoms with Crippen LogP contribution < -0.4 is 15.4 Å². The Morgan fingerprint density at radius 1 is 1.10 bits per heavy atom. The third kappa shape index (κ3) is 3.70. The van der Waals surface area contributed by atoms with Crippen molar-refractivity contribution in [1.82, 2.24) is 4.57 Å². The van der Waals surface area contributed by atoms with Gasteiger partial charge in [0.1, 0.15) is 5.75 Å². The third-order valence-corrected chi connectivity index (χ3v) is 5.06. The molecule has 3 aromatic rings. The smallest absolute Gasteiger partial charge is 0.420 e. The zero-order valence-electron chi connectivity index (χ0n) is 17.0. The first kappa shape index (κ1) is 20.4. The molecule has 0 unspecified atom stereocenters. The monoisotopic (exact) mass is 424 g/mol. The van der Waals surface area contributed by atoms with Gasteiger partial charge in [-0.05, 0) is 42.8 Å². The number of carbonyl (C=O) groups is 3. The maximum absolute atomic E-state index is 12.9. The SMILES string of the molecule is CCCN1C(=O)COc2ccc(C(=O)Cn3c(=O)oc4cc(C(=O)OC)ccc43)cc21. The zero-order chi connectivity index (χ0) is 22.1. The normalized spacial score (nSPS) is 13.1. The fourth-order valence-electron chi connectivity index (χ4n) is 3.54. The van der Waals surface area contributed by atoms with Gasteiger partial charge < -0.3 is 18.8 Å². The van der Waals surface area contributed by atoms with E-state index >= 15 is 0 Å². The fourth-order valence-corrected chi connectivity index (χ4v) is 3.54. The molecule has 160 valence electrons. The number of carbonyl (C=O) groups excluding carboxylic acids is 3. The summed E-state index contributed by atoms with van der Waals surface area (Å²) in [5, 5.41) is 0. The average molecular weight is 424 g/mol. The largest absolute Gasteiger partial charge is 0.482 e. The van der Waals surface area contributed by atoms with Crippen molar-refractivity contribution in [2.24, 2.45) is 0 Å². The molecule has 2 aromatic carbocycles. The number of ketones is 1. The van der Waals surface area contributed by atoms with Crippen LogP contribution in [0.4, 0.5) is 5.69 Å². The van der Waals surface area contributed by atoms with Crippen LogP contribution in [0.3, 0.4) is 0 Å². The maximum atomic E-state index is 12.9. The highest BCUT2D eigenvalue weighted by molar-refractivity contribution is 6.02. The van der Waals surface area contributed by atoms with Gasteiger partial charge in [-0.1, -0.05) is 6.92 Å². The van der Waals surface area contributed by atoms with E-state index < -0.39 is 11.7 Å². The standard InChI is InChI=1S/C22H20N2O7/c1-3-8-23-16-9-13(5-7-18(16)30-12-20(23)26)17(25)11-24-15-6-4-14(21(27)29-2)10-19(15)31-22(24)28/h4-7,9-10H,3,8,11-12H2,1-2H3. The van der Waals surface area contributed by atoms with E-state index in [4.69, 9.17) is 9.15 Å². The minimum Gasteiger partial charge on any atom is -0.482 e. The van der Waals surface area contributed by atoms with Gasteiger partial charge in [-0.25, -0.2) is 9.59 Å². The number of aromatic nitrogens is 1. The van der Waals surface area contributed by atoms with Gasteiger partial charge in [0.2, 0.25) is 0 Å². The quantitative estimate of drug-likeness (QED) is 0.442. The number of ether oxygens (including phenoxy) is 2. The Morgan fingerprint density at radius 3 is 2.61 bits per heavy atom. The zero-order valence-corrected chi connectivity index (χ0v) is 17.0. The molecule has 31 heavy (non-hydrogen) atoms. The Morgan fingerprint density at radius 2 is 1.87 bits per heavy atom. The van der Waals surface area contributed by atoms with Gasteiger partial charge >= 0.3 is 11.7 Å².